The third kappa shape index (κ3) is 5.35. The summed E-state index contributed by atoms with van der Waals surface area (Å²) in [6, 6.07) is 3.92. The maximum Gasteiger partial charge on any atom is 0.417 e. The van der Waals surface area contributed by atoms with Crippen LogP contribution in [0, 0.1) is 27.9 Å². The number of hydrogen-bond acceptors (Lipinski definition) is 6. The molecule has 1 saturated carbocycles. The van der Waals surface area contributed by atoms with Crippen molar-refractivity contribution in [1.82, 2.24) is 9.21 Å². The van der Waals surface area contributed by atoms with Gasteiger partial charge in [0.2, 0.25) is 22.5 Å². The molecule has 33 heavy (non-hydrogen) atoms. The maximum absolute atomic E-state index is 13.3. The Morgan fingerprint density at radius 2 is 1.79 bits per heavy atom. The molecular formula is C20H24F3N3O6S. The summed E-state index contributed by atoms with van der Waals surface area (Å²) in [4.78, 5) is 36.0. The number of nitro groups is 1. The zero-order valence-electron chi connectivity index (χ0n) is 17.8. The molecule has 2 aliphatic rings. The Bertz CT molecular complexity index is 1040. The quantitative estimate of drug-likeness (QED) is 0.444. The third-order valence-electron chi connectivity index (χ3n) is 6.34. The normalized spacial score (nSPS) is 24.8. The van der Waals surface area contributed by atoms with Crippen LogP contribution in [0.25, 0.3) is 0 Å². The molecule has 1 saturated heterocycles. The molecule has 3 unspecified atom stereocenters. The number of benzene rings is 1. The molecule has 0 N–H and O–H groups in total. The minimum Gasteiger partial charge on any atom is -0.340 e. The van der Waals surface area contributed by atoms with Crippen molar-refractivity contribution >= 4 is 21.7 Å². The predicted molar refractivity (Wildman–Crippen MR) is 109 cm³/mol. The summed E-state index contributed by atoms with van der Waals surface area (Å²) < 4.78 is 66.4. The van der Waals surface area contributed by atoms with E-state index < -0.39 is 55.9 Å². The lowest BCUT2D eigenvalue weighted by atomic mass is 9.87. The van der Waals surface area contributed by atoms with Crippen LogP contribution in [-0.2, 0) is 25.8 Å². The van der Waals surface area contributed by atoms with Crippen LogP contribution in [0.4, 0.5) is 13.2 Å². The molecule has 0 aromatic heterocycles. The summed E-state index contributed by atoms with van der Waals surface area (Å²) in [5, 5.41) is 10.9. The van der Waals surface area contributed by atoms with E-state index in [0.29, 0.717) is 6.07 Å². The molecule has 182 valence electrons. The lowest BCUT2D eigenvalue weighted by molar-refractivity contribution is -0.490. The Hall–Kier alpha value is -2.54. The molecule has 1 aliphatic heterocycles. The number of sulfonamides is 1. The van der Waals surface area contributed by atoms with E-state index in [-0.39, 0.29) is 50.7 Å². The van der Waals surface area contributed by atoms with E-state index in [1.54, 1.807) is 6.92 Å². The third-order valence-corrected chi connectivity index (χ3v) is 8.30. The molecule has 3 rings (SSSR count). The first-order valence-corrected chi connectivity index (χ1v) is 11.8. The number of carbonyl (C=O) groups excluding carboxylic acids is 2. The number of rotatable bonds is 6. The highest BCUT2D eigenvalue weighted by Crippen LogP contribution is 2.37. The van der Waals surface area contributed by atoms with Gasteiger partial charge in [0.05, 0.1) is 10.5 Å². The van der Waals surface area contributed by atoms with E-state index >= 15 is 0 Å². The van der Waals surface area contributed by atoms with Gasteiger partial charge in [0.1, 0.15) is 5.78 Å². The van der Waals surface area contributed by atoms with Gasteiger partial charge in [-0.3, -0.25) is 19.7 Å². The fourth-order valence-electron chi connectivity index (χ4n) is 4.56. The fraction of sp³-hybridized carbons (Fsp3) is 0.600. The monoisotopic (exact) mass is 491 g/mol. The van der Waals surface area contributed by atoms with Gasteiger partial charge in [-0.2, -0.15) is 17.5 Å². The second kappa shape index (κ2) is 9.37. The second-order valence-corrected chi connectivity index (χ2v) is 10.3. The molecule has 13 heteroatoms. The number of nitrogens with zero attached hydrogens (tertiary/aromatic N) is 3. The summed E-state index contributed by atoms with van der Waals surface area (Å²) in [6.45, 7) is 0.820. The van der Waals surface area contributed by atoms with E-state index in [1.165, 1.54) is 11.0 Å². The van der Waals surface area contributed by atoms with Crippen LogP contribution in [0.1, 0.15) is 25.3 Å². The number of carbonyl (C=O) groups is 2. The largest absolute Gasteiger partial charge is 0.417 e. The van der Waals surface area contributed by atoms with Gasteiger partial charge in [-0.05, 0) is 18.1 Å². The van der Waals surface area contributed by atoms with Gasteiger partial charge in [-0.1, -0.05) is 19.1 Å². The van der Waals surface area contributed by atoms with Crippen molar-refractivity contribution in [2.75, 3.05) is 32.7 Å². The number of hydrogen-bond donors (Lipinski definition) is 0. The van der Waals surface area contributed by atoms with Gasteiger partial charge >= 0.3 is 6.18 Å². The first kappa shape index (κ1) is 25.1. The molecule has 0 bridgehead atoms. The molecule has 9 nitrogen and oxygen atoms in total. The molecule has 0 radical (unpaired) electrons. The topological polar surface area (TPSA) is 118 Å². The van der Waals surface area contributed by atoms with Crippen LogP contribution in [0.5, 0.6) is 0 Å². The molecule has 1 aromatic rings. The van der Waals surface area contributed by atoms with Crippen LogP contribution < -0.4 is 0 Å². The molecule has 0 spiro atoms. The standard InChI is InChI=1S/C20H24F3N3O6S/c1-13-10-17(27)14(15(13)12-26(29)30)11-19(28)24-6-8-25(9-7-24)33(31,32)18-5-3-2-4-16(18)20(21,22)23/h2-5,13-15H,6-12H2,1H3. The number of alkyl halides is 3. The smallest absolute Gasteiger partial charge is 0.340 e. The van der Waals surface area contributed by atoms with Gasteiger partial charge in [0.25, 0.3) is 0 Å². The molecule has 1 aromatic carbocycles. The lowest BCUT2D eigenvalue weighted by Gasteiger charge is -2.35. The molecule has 1 heterocycles. The van der Waals surface area contributed by atoms with Gasteiger partial charge in [0.15, 0.2) is 0 Å². The van der Waals surface area contributed by atoms with E-state index in [4.69, 9.17) is 0 Å². The van der Waals surface area contributed by atoms with Crippen molar-refractivity contribution in [1.29, 1.82) is 0 Å². The van der Waals surface area contributed by atoms with Gasteiger partial charge in [-0.15, -0.1) is 0 Å². The van der Waals surface area contributed by atoms with Crippen LogP contribution in [-0.4, -0.2) is 67.0 Å². The second-order valence-electron chi connectivity index (χ2n) is 8.42. The number of halogens is 3. The van der Waals surface area contributed by atoms with E-state index in [2.05, 4.69) is 0 Å². The van der Waals surface area contributed by atoms with Crippen LogP contribution >= 0.6 is 0 Å². The fourth-order valence-corrected chi connectivity index (χ4v) is 6.19. The molecule has 1 amide bonds. The molecule has 3 atom stereocenters. The Morgan fingerprint density at radius 1 is 1.18 bits per heavy atom. The van der Waals surface area contributed by atoms with Crippen molar-refractivity contribution in [3.8, 4) is 0 Å². The summed E-state index contributed by atoms with van der Waals surface area (Å²) in [7, 11) is -4.44. The minimum absolute atomic E-state index is 0.0530. The van der Waals surface area contributed by atoms with Crippen LogP contribution in [0.15, 0.2) is 29.2 Å². The van der Waals surface area contributed by atoms with E-state index in [0.717, 1.165) is 16.4 Å². The van der Waals surface area contributed by atoms with Crippen molar-refractivity contribution in [3.63, 3.8) is 0 Å². The van der Waals surface area contributed by atoms with Crippen molar-refractivity contribution < 1.29 is 36.1 Å². The van der Waals surface area contributed by atoms with E-state index in [9.17, 15) is 41.3 Å². The van der Waals surface area contributed by atoms with Gasteiger partial charge < -0.3 is 4.90 Å². The Balaban J connectivity index is 1.67. The number of amides is 1. The van der Waals surface area contributed by atoms with Gasteiger partial charge in [0, 0.05) is 55.8 Å². The first-order chi connectivity index (χ1) is 15.3. The van der Waals surface area contributed by atoms with Crippen LogP contribution in [0.2, 0.25) is 0 Å². The molecule has 2 fully saturated rings. The average Bonchev–Trinajstić information content (AvgIpc) is 2.99. The van der Waals surface area contributed by atoms with Crippen molar-refractivity contribution in [2.24, 2.45) is 17.8 Å². The summed E-state index contributed by atoms with van der Waals surface area (Å²) in [5.41, 5.74) is -1.26. The first-order valence-electron chi connectivity index (χ1n) is 10.4. The maximum atomic E-state index is 13.3. The highest BCUT2D eigenvalue weighted by molar-refractivity contribution is 7.89. The molecule has 1 aliphatic carbocycles. The highest BCUT2D eigenvalue weighted by atomic mass is 32.2. The number of Topliss-reactive ketones (excluding diaryl/α,β-unsaturated/α-hetero) is 1. The zero-order valence-corrected chi connectivity index (χ0v) is 18.6. The number of ketones is 1. The van der Waals surface area contributed by atoms with E-state index in [1.807, 2.05) is 0 Å². The van der Waals surface area contributed by atoms with Crippen molar-refractivity contribution in [2.45, 2.75) is 30.8 Å². The van der Waals surface area contributed by atoms with Gasteiger partial charge in [-0.25, -0.2) is 8.42 Å². The minimum atomic E-state index is -4.84. The zero-order chi connectivity index (χ0) is 24.6. The van der Waals surface area contributed by atoms with Crippen molar-refractivity contribution in [3.05, 3.63) is 39.9 Å². The molecular weight excluding hydrogens is 467 g/mol. The Morgan fingerprint density at radius 3 is 2.36 bits per heavy atom. The Labute approximate surface area is 188 Å². The predicted octanol–water partition coefficient (Wildman–Crippen LogP) is 2.05. The Kier molecular flexibility index (Phi) is 7.13. The highest BCUT2D eigenvalue weighted by Gasteiger charge is 2.45. The lowest BCUT2D eigenvalue weighted by Crippen LogP contribution is -2.51. The number of piperazine rings is 1. The van der Waals surface area contributed by atoms with Crippen LogP contribution in [0.3, 0.4) is 0 Å². The SMILES string of the molecule is CC1CC(=O)C(CC(=O)N2CCN(S(=O)(=O)c3ccccc3C(F)(F)F)CC2)C1C[N+](=O)[O-]. The summed E-state index contributed by atoms with van der Waals surface area (Å²) in [6.07, 6.45) is -4.88. The average molecular weight is 491 g/mol. The summed E-state index contributed by atoms with van der Waals surface area (Å²) in [5.74, 6) is -2.15. The summed E-state index contributed by atoms with van der Waals surface area (Å²) >= 11 is 0.